The van der Waals surface area contributed by atoms with Crippen molar-refractivity contribution in [1.29, 1.82) is 0 Å². The van der Waals surface area contributed by atoms with E-state index in [4.69, 9.17) is 4.74 Å². The van der Waals surface area contributed by atoms with Gasteiger partial charge in [0, 0.05) is 5.56 Å². The van der Waals surface area contributed by atoms with Gasteiger partial charge in [-0.3, -0.25) is 0 Å². The number of alkyl halides is 2. The quantitative estimate of drug-likeness (QED) is 0.698. The second kappa shape index (κ2) is 8.49. The molecule has 0 unspecified atom stereocenters. The molecule has 2 aromatic rings. The number of amides is 2. The minimum absolute atomic E-state index is 0.00162. The largest absolute Gasteiger partial charge is 0.439 e. The van der Waals surface area contributed by atoms with Crippen LogP contribution in [0.2, 0.25) is 0 Å². The van der Waals surface area contributed by atoms with E-state index in [1.165, 1.54) is 19.1 Å². The summed E-state index contributed by atoms with van der Waals surface area (Å²) in [4.78, 5) is 18.1. The first kappa shape index (κ1) is 23.3. The molecule has 1 saturated heterocycles. The molecule has 1 aromatic heterocycles. The van der Waals surface area contributed by atoms with Gasteiger partial charge in [0.15, 0.2) is 0 Å². The summed E-state index contributed by atoms with van der Waals surface area (Å²) in [5.74, 6) is -4.18. The van der Waals surface area contributed by atoms with Crippen LogP contribution >= 0.6 is 0 Å². The number of carbonyl (C=O) groups is 1. The zero-order valence-corrected chi connectivity index (χ0v) is 18.8. The van der Waals surface area contributed by atoms with Crippen LogP contribution < -0.4 is 14.8 Å². The standard InChI is InChI=1S/C21H23F3N4O4S/c1-3-33(30,31)27-18-17-9-13-8-15(6-7-16(13)22)32-19-12(2)4-5-14(26-19)10-25-20(29)28(17)11-21(18,23)24/h4-8,17-18,27H,3,9-11H2,1-2H3,(H,25,29)/t17-,18+/m0/s1. The fourth-order valence-electron chi connectivity index (χ4n) is 3.92. The van der Waals surface area contributed by atoms with E-state index in [0.29, 0.717) is 11.3 Å². The first-order chi connectivity index (χ1) is 15.5. The van der Waals surface area contributed by atoms with Gasteiger partial charge in [0.25, 0.3) is 5.92 Å². The van der Waals surface area contributed by atoms with Crippen LogP contribution in [0.4, 0.5) is 18.0 Å². The van der Waals surface area contributed by atoms with Crippen LogP contribution in [-0.2, 0) is 23.0 Å². The molecule has 2 aliphatic rings. The summed E-state index contributed by atoms with van der Waals surface area (Å²) < 4.78 is 76.7. The molecule has 33 heavy (non-hydrogen) atoms. The second-order valence-electron chi connectivity index (χ2n) is 8.10. The lowest BCUT2D eigenvalue weighted by molar-refractivity contribution is -0.00456. The number of nitrogens with zero attached hydrogens (tertiary/aromatic N) is 2. The summed E-state index contributed by atoms with van der Waals surface area (Å²) in [6.07, 6.45) is -0.354. The van der Waals surface area contributed by atoms with E-state index in [1.807, 2.05) is 4.72 Å². The van der Waals surface area contributed by atoms with E-state index in [2.05, 4.69) is 10.3 Å². The number of aryl methyl sites for hydroxylation is 1. The fraction of sp³-hybridized carbons (Fsp3) is 0.429. The molecular formula is C21H23F3N4O4S. The third kappa shape index (κ3) is 4.76. The number of rotatable bonds is 3. The lowest BCUT2D eigenvalue weighted by Crippen LogP contribution is -2.53. The molecule has 4 bridgehead atoms. The van der Waals surface area contributed by atoms with E-state index in [-0.39, 0.29) is 30.2 Å². The van der Waals surface area contributed by atoms with Crippen LogP contribution in [0.15, 0.2) is 30.3 Å². The Labute approximate surface area is 189 Å². The van der Waals surface area contributed by atoms with Crippen LogP contribution in [0, 0.1) is 12.7 Å². The topological polar surface area (TPSA) is 101 Å². The molecule has 12 heteroatoms. The fourth-order valence-corrected chi connectivity index (χ4v) is 4.80. The van der Waals surface area contributed by atoms with Crippen molar-refractivity contribution in [3.05, 3.63) is 53.0 Å². The third-order valence-corrected chi connectivity index (χ3v) is 7.13. The molecule has 0 saturated carbocycles. The van der Waals surface area contributed by atoms with E-state index in [0.717, 1.165) is 11.0 Å². The van der Waals surface area contributed by atoms with E-state index < -0.39 is 52.2 Å². The van der Waals surface area contributed by atoms with Crippen molar-refractivity contribution in [2.45, 2.75) is 44.8 Å². The summed E-state index contributed by atoms with van der Waals surface area (Å²) in [6, 6.07) is 3.15. The SMILES string of the molecule is CCS(=O)(=O)N[C@@H]1[C@@H]2Cc3cc(ccc3F)Oc3nc(ccc3C)CNC(=O)N2CC1(F)F. The van der Waals surface area contributed by atoms with Gasteiger partial charge in [0.1, 0.15) is 17.6 Å². The van der Waals surface area contributed by atoms with Crippen molar-refractivity contribution in [2.24, 2.45) is 0 Å². The van der Waals surface area contributed by atoms with Gasteiger partial charge in [-0.25, -0.2) is 36.1 Å². The van der Waals surface area contributed by atoms with Crippen molar-refractivity contribution in [3.8, 4) is 11.6 Å². The van der Waals surface area contributed by atoms with Crippen LogP contribution in [0.1, 0.15) is 23.7 Å². The minimum atomic E-state index is -4.04. The van der Waals surface area contributed by atoms with Crippen molar-refractivity contribution in [1.82, 2.24) is 19.9 Å². The lowest BCUT2D eigenvalue weighted by Gasteiger charge is -2.28. The predicted octanol–water partition coefficient (Wildman–Crippen LogP) is 2.71. The Morgan fingerprint density at radius 2 is 2.06 bits per heavy atom. The number of sulfonamides is 1. The third-order valence-electron chi connectivity index (χ3n) is 5.76. The number of pyridine rings is 1. The molecule has 0 spiro atoms. The number of urea groups is 1. The number of carbonyl (C=O) groups excluding carboxylic acids is 1. The minimum Gasteiger partial charge on any atom is -0.439 e. The molecular weight excluding hydrogens is 461 g/mol. The van der Waals surface area contributed by atoms with Crippen LogP contribution in [-0.4, -0.2) is 54.6 Å². The highest BCUT2D eigenvalue weighted by Gasteiger charge is 2.57. The van der Waals surface area contributed by atoms with Crippen molar-refractivity contribution in [3.63, 3.8) is 0 Å². The van der Waals surface area contributed by atoms with Gasteiger partial charge in [0.05, 0.1) is 30.6 Å². The first-order valence-corrected chi connectivity index (χ1v) is 12.0. The molecule has 0 aliphatic carbocycles. The molecule has 4 rings (SSSR count). The Balaban J connectivity index is 1.80. The molecule has 2 amide bonds. The number of halogens is 3. The molecule has 2 aliphatic heterocycles. The van der Waals surface area contributed by atoms with Gasteiger partial charge in [0.2, 0.25) is 15.9 Å². The van der Waals surface area contributed by atoms with Crippen LogP contribution in [0.3, 0.4) is 0 Å². The smallest absolute Gasteiger partial charge is 0.318 e. The van der Waals surface area contributed by atoms with E-state index >= 15 is 0 Å². The van der Waals surface area contributed by atoms with Gasteiger partial charge < -0.3 is 15.0 Å². The van der Waals surface area contributed by atoms with Crippen molar-refractivity contribution in [2.75, 3.05) is 12.3 Å². The molecule has 3 heterocycles. The molecule has 1 fully saturated rings. The number of hydrogen-bond acceptors (Lipinski definition) is 5. The monoisotopic (exact) mass is 484 g/mol. The maximum Gasteiger partial charge on any atom is 0.318 e. The average Bonchev–Trinajstić information content (AvgIpc) is 3.00. The Hall–Kier alpha value is -2.86. The number of aromatic nitrogens is 1. The van der Waals surface area contributed by atoms with Crippen molar-refractivity contribution < 1.29 is 31.1 Å². The zero-order valence-electron chi connectivity index (χ0n) is 17.9. The average molecular weight is 485 g/mol. The molecule has 0 radical (unpaired) electrons. The Morgan fingerprint density at radius 1 is 1.30 bits per heavy atom. The molecule has 8 nitrogen and oxygen atoms in total. The van der Waals surface area contributed by atoms with Crippen LogP contribution in [0.5, 0.6) is 11.6 Å². The Kier molecular flexibility index (Phi) is 5.99. The van der Waals surface area contributed by atoms with Gasteiger partial charge in [-0.1, -0.05) is 6.07 Å². The molecule has 2 atom stereocenters. The summed E-state index contributed by atoms with van der Waals surface area (Å²) in [5.41, 5.74) is 1.14. The Morgan fingerprint density at radius 3 is 2.79 bits per heavy atom. The van der Waals surface area contributed by atoms with E-state index in [1.54, 1.807) is 19.1 Å². The molecule has 1 aromatic carbocycles. The highest BCUT2D eigenvalue weighted by molar-refractivity contribution is 7.89. The summed E-state index contributed by atoms with van der Waals surface area (Å²) in [6.45, 7) is 2.00. The maximum atomic E-state index is 15.0. The number of fused-ring (bicyclic) bond motifs is 5. The summed E-state index contributed by atoms with van der Waals surface area (Å²) in [5, 5.41) is 2.54. The predicted molar refractivity (Wildman–Crippen MR) is 113 cm³/mol. The number of nitrogens with one attached hydrogen (secondary N) is 2. The molecule has 2 N–H and O–H groups in total. The summed E-state index contributed by atoms with van der Waals surface area (Å²) in [7, 11) is -4.04. The van der Waals surface area contributed by atoms with Gasteiger partial charge in [-0.05, 0) is 50.1 Å². The maximum absolute atomic E-state index is 15.0. The Bertz CT molecular complexity index is 1190. The van der Waals surface area contributed by atoms with Gasteiger partial charge >= 0.3 is 6.03 Å². The number of ether oxygens (including phenoxy) is 1. The highest BCUT2D eigenvalue weighted by Crippen LogP contribution is 2.36. The second-order valence-corrected chi connectivity index (χ2v) is 10.1. The van der Waals surface area contributed by atoms with Crippen LogP contribution in [0.25, 0.3) is 0 Å². The lowest BCUT2D eigenvalue weighted by atomic mass is 9.98. The number of benzene rings is 1. The van der Waals surface area contributed by atoms with Crippen molar-refractivity contribution >= 4 is 16.1 Å². The first-order valence-electron chi connectivity index (χ1n) is 10.3. The zero-order chi connectivity index (χ0) is 24.0. The highest BCUT2D eigenvalue weighted by atomic mass is 32.2. The molecule has 178 valence electrons. The van der Waals surface area contributed by atoms with Gasteiger partial charge in [-0.15, -0.1) is 0 Å². The number of hydrogen-bond donors (Lipinski definition) is 2. The normalized spacial score (nSPS) is 22.3. The van der Waals surface area contributed by atoms with E-state index in [9.17, 15) is 26.4 Å². The summed E-state index contributed by atoms with van der Waals surface area (Å²) >= 11 is 0. The van der Waals surface area contributed by atoms with Gasteiger partial charge in [-0.2, -0.15) is 0 Å².